The van der Waals surface area contributed by atoms with Crippen molar-refractivity contribution in [3.8, 4) is 0 Å². The van der Waals surface area contributed by atoms with Crippen molar-refractivity contribution in [2.45, 2.75) is 44.2 Å². The number of benzene rings is 2. The summed E-state index contributed by atoms with van der Waals surface area (Å²) in [6.45, 7) is 3.32. The number of aromatic nitrogens is 1. The lowest BCUT2D eigenvalue weighted by Gasteiger charge is -2.38. The lowest BCUT2D eigenvalue weighted by atomic mass is 9.81. The molecule has 1 aliphatic carbocycles. The van der Waals surface area contributed by atoms with Crippen molar-refractivity contribution >= 4 is 11.9 Å². The third-order valence-electron chi connectivity index (χ3n) is 7.66. The molecule has 2 aliphatic rings. The van der Waals surface area contributed by atoms with Crippen molar-refractivity contribution in [1.29, 1.82) is 0 Å². The first-order valence-electron chi connectivity index (χ1n) is 11.3. The molecule has 1 fully saturated rings. The van der Waals surface area contributed by atoms with E-state index in [0.29, 0.717) is 19.4 Å². The Morgan fingerprint density at radius 3 is 2.31 bits per heavy atom. The van der Waals surface area contributed by atoms with Crippen LogP contribution in [0.1, 0.15) is 49.0 Å². The van der Waals surface area contributed by atoms with Crippen LogP contribution < -0.4 is 0 Å². The topological polar surface area (TPSA) is 62.5 Å². The Balaban J connectivity index is 1.49. The fourth-order valence-corrected chi connectivity index (χ4v) is 5.86. The molecule has 3 aromatic rings. The van der Waals surface area contributed by atoms with E-state index in [1.165, 1.54) is 0 Å². The van der Waals surface area contributed by atoms with Crippen molar-refractivity contribution in [3.63, 3.8) is 0 Å². The van der Waals surface area contributed by atoms with Crippen LogP contribution in [0.3, 0.4) is 0 Å². The zero-order chi connectivity index (χ0) is 22.3. The monoisotopic (exact) mass is 428 g/mol. The van der Waals surface area contributed by atoms with E-state index in [0.717, 1.165) is 23.4 Å². The molecule has 0 radical (unpaired) electrons. The summed E-state index contributed by atoms with van der Waals surface area (Å²) >= 11 is 0. The summed E-state index contributed by atoms with van der Waals surface area (Å²) in [4.78, 5) is 28.2. The van der Waals surface area contributed by atoms with Gasteiger partial charge in [-0.3, -0.25) is 9.59 Å². The van der Waals surface area contributed by atoms with Gasteiger partial charge in [-0.05, 0) is 36.1 Å². The van der Waals surface area contributed by atoms with Crippen molar-refractivity contribution in [1.82, 2.24) is 9.47 Å². The normalized spacial score (nSPS) is 26.4. The molecule has 3 atom stereocenters. The van der Waals surface area contributed by atoms with Gasteiger partial charge in [0.15, 0.2) is 0 Å². The highest BCUT2D eigenvalue weighted by Crippen LogP contribution is 2.69. The van der Waals surface area contributed by atoms with Crippen LogP contribution in [-0.2, 0) is 21.5 Å². The van der Waals surface area contributed by atoms with Gasteiger partial charge >= 0.3 is 5.97 Å². The molecule has 1 aromatic heterocycles. The van der Waals surface area contributed by atoms with Gasteiger partial charge in [-0.25, -0.2) is 0 Å². The Labute approximate surface area is 188 Å². The van der Waals surface area contributed by atoms with E-state index in [1.807, 2.05) is 84.8 Å². The number of carboxylic acid groups (broad SMARTS) is 1. The number of aliphatic carboxylic acids is 1. The van der Waals surface area contributed by atoms with Crippen molar-refractivity contribution in [2.24, 2.45) is 5.41 Å². The standard InChI is InChI=1S/C27H28N2O3/c1-2-26(21-12-7-4-8-13-21)19-27(26,25(31)32)18-23(30)29-17-16-28-15-9-14-22(28)24(29)20-10-5-3-6-11-20/h3-15,24H,2,16-19H2,1H3,(H,31,32). The summed E-state index contributed by atoms with van der Waals surface area (Å²) < 4.78 is 2.19. The molecular weight excluding hydrogens is 400 g/mol. The smallest absolute Gasteiger partial charge is 0.311 e. The summed E-state index contributed by atoms with van der Waals surface area (Å²) in [5, 5.41) is 10.3. The van der Waals surface area contributed by atoms with Crippen LogP contribution in [0.15, 0.2) is 79.0 Å². The van der Waals surface area contributed by atoms with Crippen molar-refractivity contribution in [2.75, 3.05) is 6.54 Å². The van der Waals surface area contributed by atoms with E-state index in [-0.39, 0.29) is 18.4 Å². The van der Waals surface area contributed by atoms with Crippen LogP contribution in [0.2, 0.25) is 0 Å². The zero-order valence-electron chi connectivity index (χ0n) is 18.3. The van der Waals surface area contributed by atoms with Crippen LogP contribution in [0, 0.1) is 5.41 Å². The van der Waals surface area contributed by atoms with Gasteiger partial charge in [0.1, 0.15) is 0 Å². The third kappa shape index (κ3) is 2.99. The minimum absolute atomic E-state index is 0.0229. The summed E-state index contributed by atoms with van der Waals surface area (Å²) in [5.41, 5.74) is 1.59. The average Bonchev–Trinajstić information content (AvgIpc) is 3.25. The second kappa shape index (κ2) is 7.66. The Hall–Kier alpha value is -3.34. The molecule has 164 valence electrons. The van der Waals surface area contributed by atoms with Crippen LogP contribution >= 0.6 is 0 Å². The number of hydrogen-bond acceptors (Lipinski definition) is 2. The molecule has 5 rings (SSSR count). The van der Waals surface area contributed by atoms with E-state index >= 15 is 0 Å². The minimum Gasteiger partial charge on any atom is -0.481 e. The third-order valence-corrected chi connectivity index (χ3v) is 7.66. The number of amides is 1. The summed E-state index contributed by atoms with van der Waals surface area (Å²) in [5.74, 6) is -0.951. The number of hydrogen-bond donors (Lipinski definition) is 1. The van der Waals surface area contributed by atoms with Crippen LogP contribution in [-0.4, -0.2) is 33.0 Å². The predicted octanol–water partition coefficient (Wildman–Crippen LogP) is 4.63. The molecule has 2 heterocycles. The van der Waals surface area contributed by atoms with Gasteiger partial charge < -0.3 is 14.6 Å². The first-order chi connectivity index (χ1) is 15.5. The maximum atomic E-state index is 13.8. The molecule has 5 heteroatoms. The number of nitrogens with zero attached hydrogens (tertiary/aromatic N) is 2. The second-order valence-corrected chi connectivity index (χ2v) is 9.07. The average molecular weight is 429 g/mol. The first-order valence-corrected chi connectivity index (χ1v) is 11.3. The Kier molecular flexibility index (Phi) is 4.92. The van der Waals surface area contributed by atoms with Crippen LogP contribution in [0.25, 0.3) is 0 Å². The first kappa shape index (κ1) is 20.6. The summed E-state index contributed by atoms with van der Waals surface area (Å²) in [6, 6.07) is 23.7. The molecule has 0 spiro atoms. The van der Waals surface area contributed by atoms with Crippen LogP contribution in [0.5, 0.6) is 0 Å². The molecule has 0 saturated heterocycles. The maximum Gasteiger partial charge on any atom is 0.311 e. The van der Waals surface area contributed by atoms with Crippen molar-refractivity contribution < 1.29 is 14.7 Å². The molecule has 5 nitrogen and oxygen atoms in total. The van der Waals surface area contributed by atoms with E-state index in [9.17, 15) is 14.7 Å². The molecule has 0 bridgehead atoms. The number of fused-ring (bicyclic) bond motifs is 1. The highest BCUT2D eigenvalue weighted by molar-refractivity contribution is 5.90. The number of carbonyl (C=O) groups excluding carboxylic acids is 1. The van der Waals surface area contributed by atoms with Gasteiger partial charge in [0, 0.05) is 36.8 Å². The van der Waals surface area contributed by atoms with E-state index in [2.05, 4.69) is 10.6 Å². The van der Waals surface area contributed by atoms with Gasteiger partial charge in [0.2, 0.25) is 5.91 Å². The minimum atomic E-state index is -1.05. The molecule has 2 aromatic carbocycles. The highest BCUT2D eigenvalue weighted by Gasteiger charge is 2.72. The van der Waals surface area contributed by atoms with Gasteiger partial charge in [-0.15, -0.1) is 0 Å². The number of rotatable bonds is 6. The predicted molar refractivity (Wildman–Crippen MR) is 122 cm³/mol. The molecule has 1 amide bonds. The molecule has 1 aliphatic heterocycles. The van der Waals surface area contributed by atoms with Gasteiger partial charge in [-0.2, -0.15) is 0 Å². The maximum absolute atomic E-state index is 13.8. The SMILES string of the molecule is CCC1(c2ccccc2)CC1(CC(=O)N1CCn2cccc2C1c1ccccc1)C(=O)O. The van der Waals surface area contributed by atoms with E-state index in [4.69, 9.17) is 0 Å². The molecule has 3 unspecified atom stereocenters. The van der Waals surface area contributed by atoms with Crippen molar-refractivity contribution in [3.05, 3.63) is 95.8 Å². The summed E-state index contributed by atoms with van der Waals surface area (Å²) in [6.07, 6.45) is 3.27. The lowest BCUT2D eigenvalue weighted by Crippen LogP contribution is -2.44. The van der Waals surface area contributed by atoms with Crippen LogP contribution in [0.4, 0.5) is 0 Å². The largest absolute Gasteiger partial charge is 0.481 e. The Bertz CT molecular complexity index is 1140. The second-order valence-electron chi connectivity index (χ2n) is 9.07. The van der Waals surface area contributed by atoms with E-state index < -0.39 is 16.8 Å². The van der Waals surface area contributed by atoms with Gasteiger partial charge in [0.25, 0.3) is 0 Å². The summed E-state index contributed by atoms with van der Waals surface area (Å²) in [7, 11) is 0. The fraction of sp³-hybridized carbons (Fsp3) is 0.333. The number of carbonyl (C=O) groups is 2. The van der Waals surface area contributed by atoms with Gasteiger partial charge in [-0.1, -0.05) is 67.6 Å². The van der Waals surface area contributed by atoms with Gasteiger partial charge in [0.05, 0.1) is 11.5 Å². The molecular formula is C27H28N2O3. The molecule has 32 heavy (non-hydrogen) atoms. The molecule has 1 saturated carbocycles. The highest BCUT2D eigenvalue weighted by atomic mass is 16.4. The van der Waals surface area contributed by atoms with E-state index in [1.54, 1.807) is 0 Å². The molecule has 1 N–H and O–H groups in total. The Morgan fingerprint density at radius 2 is 1.66 bits per heavy atom. The zero-order valence-corrected chi connectivity index (χ0v) is 18.3. The quantitative estimate of drug-likeness (QED) is 0.623. The Morgan fingerprint density at radius 1 is 0.969 bits per heavy atom. The number of carboxylic acids is 1. The lowest BCUT2D eigenvalue weighted by molar-refractivity contribution is -0.149. The fourth-order valence-electron chi connectivity index (χ4n) is 5.86.